The van der Waals surface area contributed by atoms with E-state index in [0.717, 1.165) is 0 Å². The number of H-pyrrole nitrogens is 1. The Balaban J connectivity index is 2.98. The number of aromatic nitrogens is 3. The van der Waals surface area contributed by atoms with Gasteiger partial charge in [-0.05, 0) is 0 Å². The summed E-state index contributed by atoms with van der Waals surface area (Å²) in [7, 11) is 0. The molecule has 1 aromatic rings. The number of nitrogens with two attached hydrogens (primary N) is 2. The standard InChI is InChI=1S/C9H14N6/c1-3-5-15(6-4-2)9-13-7(10)12-8(11)14-9/h3-4H,1-2,5-6H2,(H4,10,11,12,13,14)/p+1. The van der Waals surface area contributed by atoms with Crippen LogP contribution in [0.3, 0.4) is 0 Å². The van der Waals surface area contributed by atoms with Crippen molar-refractivity contribution < 1.29 is 4.98 Å². The molecule has 0 atom stereocenters. The molecule has 1 rings (SSSR count). The highest BCUT2D eigenvalue weighted by molar-refractivity contribution is 5.33. The Labute approximate surface area is 88.3 Å². The van der Waals surface area contributed by atoms with Gasteiger partial charge < -0.3 is 11.5 Å². The lowest BCUT2D eigenvalue weighted by Crippen LogP contribution is -2.33. The summed E-state index contributed by atoms with van der Waals surface area (Å²) in [5, 5.41) is 0. The van der Waals surface area contributed by atoms with E-state index in [2.05, 4.69) is 28.1 Å². The van der Waals surface area contributed by atoms with E-state index in [0.29, 0.717) is 19.0 Å². The Bertz CT molecular complexity index is 331. The second kappa shape index (κ2) is 4.94. The Hall–Kier alpha value is -2.11. The number of hydrogen-bond acceptors (Lipinski definition) is 5. The van der Waals surface area contributed by atoms with Gasteiger partial charge in [0, 0.05) is 0 Å². The van der Waals surface area contributed by atoms with Crippen LogP contribution in [0.4, 0.5) is 17.8 Å². The summed E-state index contributed by atoms with van der Waals surface area (Å²) in [5.41, 5.74) is 11.0. The topological polar surface area (TPSA) is 95.2 Å². The number of hydrogen-bond donors (Lipinski definition) is 2. The zero-order chi connectivity index (χ0) is 11.3. The maximum Gasteiger partial charge on any atom is 0.325 e. The van der Waals surface area contributed by atoms with E-state index in [-0.39, 0.29) is 11.9 Å². The van der Waals surface area contributed by atoms with Crippen molar-refractivity contribution in [2.24, 2.45) is 0 Å². The van der Waals surface area contributed by atoms with Crippen LogP contribution in [-0.2, 0) is 0 Å². The number of aromatic amines is 1. The smallest absolute Gasteiger partial charge is 0.325 e. The molecule has 1 heterocycles. The van der Waals surface area contributed by atoms with E-state index >= 15 is 0 Å². The van der Waals surface area contributed by atoms with Gasteiger partial charge >= 0.3 is 17.8 Å². The number of nitrogen functional groups attached to an aromatic ring is 2. The van der Waals surface area contributed by atoms with Crippen LogP contribution in [0.2, 0.25) is 0 Å². The molecule has 0 fully saturated rings. The third-order valence-electron chi connectivity index (χ3n) is 1.69. The summed E-state index contributed by atoms with van der Waals surface area (Å²) >= 11 is 0. The van der Waals surface area contributed by atoms with Crippen molar-refractivity contribution in [2.75, 3.05) is 29.5 Å². The van der Waals surface area contributed by atoms with Crippen LogP contribution < -0.4 is 21.4 Å². The first kappa shape index (κ1) is 11.0. The minimum atomic E-state index is 0.138. The van der Waals surface area contributed by atoms with Gasteiger partial charge in [-0.15, -0.1) is 13.2 Å². The SMILES string of the molecule is C=CCN(CC=C)c1nc(N)nc(N)[nH+]1. The minimum absolute atomic E-state index is 0.138. The summed E-state index contributed by atoms with van der Waals surface area (Å²) in [4.78, 5) is 12.5. The van der Waals surface area contributed by atoms with Crippen molar-refractivity contribution in [3.8, 4) is 0 Å². The lowest BCUT2D eigenvalue weighted by Gasteiger charge is -2.14. The molecule has 0 aromatic carbocycles. The van der Waals surface area contributed by atoms with Crippen LogP contribution in [0.1, 0.15) is 0 Å². The van der Waals surface area contributed by atoms with E-state index in [4.69, 9.17) is 11.5 Å². The molecule has 0 aliphatic rings. The normalized spacial score (nSPS) is 9.60. The van der Waals surface area contributed by atoms with Gasteiger partial charge in [0.15, 0.2) is 0 Å². The predicted molar refractivity (Wildman–Crippen MR) is 60.0 cm³/mol. The van der Waals surface area contributed by atoms with Gasteiger partial charge in [0.1, 0.15) is 0 Å². The summed E-state index contributed by atoms with van der Waals surface area (Å²) in [6.07, 6.45) is 3.51. The zero-order valence-electron chi connectivity index (χ0n) is 8.48. The molecular weight excluding hydrogens is 192 g/mol. The van der Waals surface area contributed by atoms with E-state index in [1.165, 1.54) is 0 Å². The van der Waals surface area contributed by atoms with Crippen LogP contribution >= 0.6 is 0 Å². The fourth-order valence-corrected chi connectivity index (χ4v) is 1.14. The minimum Gasteiger partial charge on any atom is -0.351 e. The molecule has 5 N–H and O–H groups in total. The molecule has 0 radical (unpaired) electrons. The first-order chi connectivity index (χ1) is 7.17. The Kier molecular flexibility index (Phi) is 3.61. The second-order valence-electron chi connectivity index (χ2n) is 2.90. The van der Waals surface area contributed by atoms with Crippen molar-refractivity contribution in [2.45, 2.75) is 0 Å². The summed E-state index contributed by atoms with van der Waals surface area (Å²) < 4.78 is 0. The van der Waals surface area contributed by atoms with Crippen molar-refractivity contribution in [3.05, 3.63) is 25.3 Å². The lowest BCUT2D eigenvalue weighted by molar-refractivity contribution is -0.354. The van der Waals surface area contributed by atoms with Gasteiger partial charge in [-0.3, -0.25) is 4.90 Å². The first-order valence-corrected chi connectivity index (χ1v) is 4.46. The molecule has 1 aromatic heterocycles. The van der Waals surface area contributed by atoms with Crippen LogP contribution in [0, 0.1) is 0 Å². The van der Waals surface area contributed by atoms with E-state index in [1.54, 1.807) is 12.2 Å². The zero-order valence-corrected chi connectivity index (χ0v) is 8.48. The van der Waals surface area contributed by atoms with Crippen molar-refractivity contribution in [1.29, 1.82) is 0 Å². The van der Waals surface area contributed by atoms with Gasteiger partial charge in [-0.1, -0.05) is 22.1 Å². The van der Waals surface area contributed by atoms with Crippen molar-refractivity contribution >= 4 is 17.8 Å². The van der Waals surface area contributed by atoms with Gasteiger partial charge in [0.05, 0.1) is 13.1 Å². The molecule has 0 aliphatic heterocycles. The van der Waals surface area contributed by atoms with Gasteiger partial charge in [0.25, 0.3) is 0 Å². The fourth-order valence-electron chi connectivity index (χ4n) is 1.14. The Morgan fingerprint density at radius 2 is 1.80 bits per heavy atom. The molecule has 0 saturated carbocycles. The largest absolute Gasteiger partial charge is 0.351 e. The fraction of sp³-hybridized carbons (Fsp3) is 0.222. The van der Waals surface area contributed by atoms with Crippen LogP contribution in [0.15, 0.2) is 25.3 Å². The van der Waals surface area contributed by atoms with Crippen LogP contribution in [-0.4, -0.2) is 23.1 Å². The highest BCUT2D eigenvalue weighted by Crippen LogP contribution is 2.05. The maximum atomic E-state index is 5.52. The van der Waals surface area contributed by atoms with Crippen molar-refractivity contribution in [1.82, 2.24) is 9.97 Å². The number of nitrogens with zero attached hydrogens (tertiary/aromatic N) is 3. The van der Waals surface area contributed by atoms with Crippen LogP contribution in [0.25, 0.3) is 0 Å². The maximum absolute atomic E-state index is 5.52. The molecule has 80 valence electrons. The summed E-state index contributed by atoms with van der Waals surface area (Å²) in [5.74, 6) is 0.926. The van der Waals surface area contributed by atoms with Crippen molar-refractivity contribution in [3.63, 3.8) is 0 Å². The highest BCUT2D eigenvalue weighted by atomic mass is 15.3. The Morgan fingerprint density at radius 1 is 1.20 bits per heavy atom. The van der Waals surface area contributed by atoms with Crippen LogP contribution in [0.5, 0.6) is 0 Å². The third kappa shape index (κ3) is 2.94. The molecule has 15 heavy (non-hydrogen) atoms. The molecule has 0 amide bonds. The van der Waals surface area contributed by atoms with Gasteiger partial charge in [-0.2, -0.15) is 0 Å². The molecular formula is C9H15N6+. The summed E-state index contributed by atoms with van der Waals surface area (Å²) in [6, 6.07) is 0. The molecule has 6 heteroatoms. The van der Waals surface area contributed by atoms with Gasteiger partial charge in [-0.25, -0.2) is 4.98 Å². The molecule has 0 unspecified atom stereocenters. The predicted octanol–water partition coefficient (Wildman–Crippen LogP) is -0.366. The lowest BCUT2D eigenvalue weighted by atomic mass is 10.4. The molecule has 0 spiro atoms. The average Bonchev–Trinajstić information content (AvgIpc) is 2.16. The summed E-state index contributed by atoms with van der Waals surface area (Å²) in [6.45, 7) is 8.56. The average molecular weight is 207 g/mol. The van der Waals surface area contributed by atoms with Gasteiger partial charge in [0.2, 0.25) is 0 Å². The third-order valence-corrected chi connectivity index (χ3v) is 1.69. The first-order valence-electron chi connectivity index (χ1n) is 4.46. The number of nitrogens with one attached hydrogen (secondary N) is 1. The molecule has 0 saturated heterocycles. The number of rotatable bonds is 5. The van der Waals surface area contributed by atoms with E-state index < -0.39 is 0 Å². The Morgan fingerprint density at radius 3 is 2.27 bits per heavy atom. The van der Waals surface area contributed by atoms with E-state index in [1.807, 2.05) is 4.90 Å². The molecule has 0 bridgehead atoms. The quantitative estimate of drug-likeness (QED) is 0.642. The highest BCUT2D eigenvalue weighted by Gasteiger charge is 2.14. The monoisotopic (exact) mass is 207 g/mol. The van der Waals surface area contributed by atoms with E-state index in [9.17, 15) is 0 Å². The second-order valence-corrected chi connectivity index (χ2v) is 2.90. The molecule has 6 nitrogen and oxygen atoms in total. The molecule has 0 aliphatic carbocycles. The number of anilines is 3.